The number of imidazole rings is 1. The van der Waals surface area contributed by atoms with E-state index in [1.807, 2.05) is 0 Å². The zero-order valence-corrected chi connectivity index (χ0v) is 20.6. The summed E-state index contributed by atoms with van der Waals surface area (Å²) in [6.45, 7) is 0. The number of carbonyl (C=O) groups is 1. The lowest BCUT2D eigenvalue weighted by molar-refractivity contribution is -0.140. The van der Waals surface area contributed by atoms with Gasteiger partial charge in [0.05, 0.1) is 28.6 Å². The third-order valence-electron chi connectivity index (χ3n) is 6.89. The Labute approximate surface area is 222 Å². The van der Waals surface area contributed by atoms with Crippen LogP contribution in [0.15, 0.2) is 42.9 Å². The van der Waals surface area contributed by atoms with Crippen LogP contribution in [0, 0.1) is 5.82 Å². The third kappa shape index (κ3) is 4.30. The van der Waals surface area contributed by atoms with E-state index in [0.29, 0.717) is 36.3 Å². The molecule has 3 aromatic heterocycles. The third-order valence-corrected chi connectivity index (χ3v) is 7.18. The maximum absolute atomic E-state index is 15.3. The highest BCUT2D eigenvalue weighted by molar-refractivity contribution is 6.31. The standard InChI is InChI=1S/C24H18ClF4N9O/c25-14-3-5-16(37-10-32-35-36-37)20(21(14)26)11-7-12-1-4-17(38(12)19(39)8-11)23-31-9-15(33-23)13-2-6-18(30)34-22(13)24(27,28)29/h2-3,5-6,8-10,12,17H,1,4,7H2,(H2,30,34)(H,31,33)/t12-,17+/m1/s1. The Morgan fingerprint density at radius 1 is 1.15 bits per heavy atom. The SMILES string of the molecule is Nc1ccc(-c2cnc([C@@H]3CC[C@@H]4CC(c5c(-n6cnnn6)ccc(Cl)c5F)=CC(=O)N43)[nH]2)c(C(F)(F)F)n1. The second-order valence-electron chi connectivity index (χ2n) is 9.19. The average Bonchev–Trinajstić information content (AvgIpc) is 3.66. The van der Waals surface area contributed by atoms with Gasteiger partial charge in [-0.25, -0.2) is 14.4 Å². The summed E-state index contributed by atoms with van der Waals surface area (Å²) in [5.41, 5.74) is 5.13. The number of pyridine rings is 1. The van der Waals surface area contributed by atoms with E-state index < -0.39 is 23.7 Å². The molecule has 1 amide bonds. The number of hydrogen-bond donors (Lipinski definition) is 2. The smallest absolute Gasteiger partial charge is 0.384 e. The monoisotopic (exact) mass is 559 g/mol. The summed E-state index contributed by atoms with van der Waals surface area (Å²) in [6.07, 6.45) is 0.605. The number of hydrogen-bond acceptors (Lipinski definition) is 7. The maximum atomic E-state index is 15.3. The molecule has 1 fully saturated rings. The highest BCUT2D eigenvalue weighted by Gasteiger charge is 2.42. The van der Waals surface area contributed by atoms with Crippen LogP contribution in [0.2, 0.25) is 5.02 Å². The molecule has 6 rings (SSSR count). The number of nitrogens with zero attached hydrogens (tertiary/aromatic N) is 7. The predicted octanol–water partition coefficient (Wildman–Crippen LogP) is 4.36. The number of carbonyl (C=O) groups excluding carboxylic acids is 1. The van der Waals surface area contributed by atoms with Gasteiger partial charge in [0.25, 0.3) is 0 Å². The molecule has 0 bridgehead atoms. The number of H-pyrrole nitrogens is 1. The quantitative estimate of drug-likeness (QED) is 0.355. The van der Waals surface area contributed by atoms with Crippen molar-refractivity contribution in [1.82, 2.24) is 40.1 Å². The number of anilines is 1. The first kappa shape index (κ1) is 25.0. The van der Waals surface area contributed by atoms with Gasteiger partial charge in [-0.15, -0.1) is 5.10 Å². The van der Waals surface area contributed by atoms with E-state index in [0.717, 1.165) is 0 Å². The highest BCUT2D eigenvalue weighted by Crippen LogP contribution is 2.44. The molecule has 0 spiro atoms. The van der Waals surface area contributed by atoms with E-state index in [2.05, 4.69) is 30.5 Å². The maximum Gasteiger partial charge on any atom is 0.434 e. The molecule has 1 aromatic carbocycles. The van der Waals surface area contributed by atoms with Crippen LogP contribution in [-0.2, 0) is 11.0 Å². The first-order chi connectivity index (χ1) is 18.6. The van der Waals surface area contributed by atoms with Crippen LogP contribution in [-0.4, -0.2) is 52.0 Å². The zero-order valence-electron chi connectivity index (χ0n) is 19.8. The molecule has 4 aromatic rings. The van der Waals surface area contributed by atoms with E-state index in [4.69, 9.17) is 17.3 Å². The number of nitrogens with one attached hydrogen (secondary N) is 1. The molecular weight excluding hydrogens is 542 g/mol. The predicted molar refractivity (Wildman–Crippen MR) is 131 cm³/mol. The number of amides is 1. The van der Waals surface area contributed by atoms with Crippen molar-refractivity contribution in [2.45, 2.75) is 37.5 Å². The Bertz CT molecular complexity index is 1620. The number of halogens is 5. The molecule has 0 radical (unpaired) electrons. The largest absolute Gasteiger partial charge is 0.434 e. The van der Waals surface area contributed by atoms with Gasteiger partial charge in [0, 0.05) is 23.2 Å². The minimum atomic E-state index is -4.73. The molecule has 5 heterocycles. The zero-order chi connectivity index (χ0) is 27.5. The number of nitrogen functional groups attached to an aromatic ring is 1. The average molecular weight is 560 g/mol. The molecule has 0 unspecified atom stereocenters. The van der Waals surface area contributed by atoms with Crippen molar-refractivity contribution < 1.29 is 22.4 Å². The number of rotatable bonds is 4. The van der Waals surface area contributed by atoms with E-state index in [9.17, 15) is 18.0 Å². The molecule has 15 heteroatoms. The summed E-state index contributed by atoms with van der Waals surface area (Å²) in [5.74, 6) is -0.995. The molecule has 2 aliphatic heterocycles. The molecule has 0 saturated carbocycles. The summed E-state index contributed by atoms with van der Waals surface area (Å²) in [5, 5.41) is 10.9. The van der Waals surface area contributed by atoms with E-state index in [1.54, 1.807) is 11.0 Å². The van der Waals surface area contributed by atoms with Gasteiger partial charge in [-0.3, -0.25) is 4.79 Å². The van der Waals surface area contributed by atoms with E-state index in [1.165, 1.54) is 41.5 Å². The Morgan fingerprint density at radius 2 is 1.97 bits per heavy atom. The van der Waals surface area contributed by atoms with E-state index in [-0.39, 0.29) is 39.6 Å². The van der Waals surface area contributed by atoms with Crippen LogP contribution in [0.1, 0.15) is 42.4 Å². The van der Waals surface area contributed by atoms with Crippen LogP contribution < -0.4 is 5.73 Å². The van der Waals surface area contributed by atoms with Gasteiger partial charge in [-0.2, -0.15) is 17.9 Å². The number of aromatic nitrogens is 7. The summed E-state index contributed by atoms with van der Waals surface area (Å²) in [4.78, 5) is 25.7. The van der Waals surface area contributed by atoms with Crippen molar-refractivity contribution in [3.63, 3.8) is 0 Å². The lowest BCUT2D eigenvalue weighted by atomic mass is 9.92. The van der Waals surface area contributed by atoms with Crippen molar-refractivity contribution in [2.75, 3.05) is 5.73 Å². The molecule has 39 heavy (non-hydrogen) atoms. The summed E-state index contributed by atoms with van der Waals surface area (Å²) in [6, 6.07) is 4.65. The summed E-state index contributed by atoms with van der Waals surface area (Å²) < 4.78 is 57.3. The molecule has 10 nitrogen and oxygen atoms in total. The summed E-state index contributed by atoms with van der Waals surface area (Å²) >= 11 is 6.07. The number of nitrogens with two attached hydrogens (primary N) is 1. The molecule has 0 aliphatic carbocycles. The van der Waals surface area contributed by atoms with Gasteiger partial charge in [-0.05, 0) is 59.5 Å². The first-order valence-electron chi connectivity index (χ1n) is 11.8. The number of fused-ring (bicyclic) bond motifs is 1. The molecule has 3 N–H and O–H groups in total. The Hall–Kier alpha value is -4.33. The van der Waals surface area contributed by atoms with Gasteiger partial charge in [0.15, 0.2) is 11.5 Å². The van der Waals surface area contributed by atoms with Gasteiger partial charge < -0.3 is 15.6 Å². The molecule has 200 valence electrons. The van der Waals surface area contributed by atoms with Crippen LogP contribution in [0.5, 0.6) is 0 Å². The van der Waals surface area contributed by atoms with E-state index >= 15 is 4.39 Å². The Balaban J connectivity index is 1.33. The van der Waals surface area contributed by atoms with Crippen molar-refractivity contribution in [3.8, 4) is 16.9 Å². The van der Waals surface area contributed by atoms with Gasteiger partial charge in [0.2, 0.25) is 5.91 Å². The minimum Gasteiger partial charge on any atom is -0.384 e. The van der Waals surface area contributed by atoms with Crippen molar-refractivity contribution in [2.24, 2.45) is 0 Å². The normalized spacial score (nSPS) is 19.4. The van der Waals surface area contributed by atoms with Gasteiger partial charge in [-0.1, -0.05) is 11.6 Å². The Kier molecular flexibility index (Phi) is 5.86. The van der Waals surface area contributed by atoms with Crippen LogP contribution >= 0.6 is 11.6 Å². The Morgan fingerprint density at radius 3 is 2.72 bits per heavy atom. The first-order valence-corrected chi connectivity index (χ1v) is 12.1. The number of alkyl halides is 3. The number of tetrazole rings is 1. The van der Waals surface area contributed by atoms with Crippen LogP contribution in [0.25, 0.3) is 22.5 Å². The van der Waals surface area contributed by atoms with Crippen LogP contribution in [0.3, 0.4) is 0 Å². The lowest BCUT2D eigenvalue weighted by Gasteiger charge is -2.33. The summed E-state index contributed by atoms with van der Waals surface area (Å²) in [7, 11) is 0. The second kappa shape index (κ2) is 9.15. The molecule has 1 saturated heterocycles. The van der Waals surface area contributed by atoms with Crippen molar-refractivity contribution >= 4 is 28.9 Å². The van der Waals surface area contributed by atoms with Crippen LogP contribution in [0.4, 0.5) is 23.4 Å². The van der Waals surface area contributed by atoms with Gasteiger partial charge in [0.1, 0.15) is 18.0 Å². The topological polar surface area (TPSA) is 132 Å². The lowest BCUT2D eigenvalue weighted by Crippen LogP contribution is -2.39. The fraction of sp³-hybridized carbons (Fsp3) is 0.250. The number of aromatic amines is 1. The van der Waals surface area contributed by atoms with Crippen molar-refractivity contribution in [1.29, 1.82) is 0 Å². The highest BCUT2D eigenvalue weighted by atomic mass is 35.5. The fourth-order valence-electron chi connectivity index (χ4n) is 5.25. The van der Waals surface area contributed by atoms with Crippen molar-refractivity contribution in [3.05, 3.63) is 70.8 Å². The fourth-order valence-corrected chi connectivity index (χ4v) is 5.41. The minimum absolute atomic E-state index is 0.0982. The van der Waals surface area contributed by atoms with Gasteiger partial charge >= 0.3 is 6.18 Å². The molecular formula is C24H18ClF4N9O. The molecule has 2 atom stereocenters. The second-order valence-corrected chi connectivity index (χ2v) is 9.60. The number of benzene rings is 1. The molecule has 2 aliphatic rings.